The molecule has 0 spiro atoms. The lowest BCUT2D eigenvalue weighted by Crippen LogP contribution is -2.43. The molecule has 0 aliphatic heterocycles. The number of nitrogens with zero attached hydrogens (tertiary/aromatic N) is 1. The van der Waals surface area contributed by atoms with E-state index in [-0.39, 0.29) is 12.0 Å². The van der Waals surface area contributed by atoms with Gasteiger partial charge in [-0.2, -0.15) is 18.4 Å². The molecule has 0 saturated heterocycles. The molecular weight excluding hydrogens is 233 g/mol. The Labute approximate surface area is 99.9 Å². The predicted octanol–water partition coefficient (Wildman–Crippen LogP) is 2.34. The Hall–Kier alpha value is -0.800. The van der Waals surface area contributed by atoms with E-state index in [1.54, 1.807) is 0 Å². The zero-order chi connectivity index (χ0) is 13.5. The first-order chi connectivity index (χ1) is 7.82. The average molecular weight is 252 g/mol. The molecule has 0 aromatic rings. The largest absolute Gasteiger partial charge is 0.405 e. The van der Waals surface area contributed by atoms with Crippen molar-refractivity contribution in [3.05, 3.63) is 0 Å². The minimum Gasteiger partial charge on any atom is -0.380 e. The fourth-order valence-electron chi connectivity index (χ4n) is 1.24. The summed E-state index contributed by atoms with van der Waals surface area (Å²) in [7, 11) is 0. The molecule has 0 heterocycles. The van der Waals surface area contributed by atoms with Gasteiger partial charge in [-0.1, -0.05) is 13.8 Å². The Morgan fingerprint density at radius 2 is 1.94 bits per heavy atom. The van der Waals surface area contributed by atoms with E-state index in [0.717, 1.165) is 0 Å². The van der Waals surface area contributed by atoms with Crippen molar-refractivity contribution in [3.8, 4) is 6.07 Å². The van der Waals surface area contributed by atoms with Crippen molar-refractivity contribution in [2.75, 3.05) is 19.8 Å². The number of nitriles is 1. The lowest BCUT2D eigenvalue weighted by Gasteiger charge is -2.24. The molecule has 100 valence electrons. The molecule has 0 fully saturated rings. The topological polar surface area (TPSA) is 45.0 Å². The van der Waals surface area contributed by atoms with Crippen LogP contribution in [0.4, 0.5) is 13.2 Å². The third-order valence-corrected chi connectivity index (χ3v) is 2.44. The lowest BCUT2D eigenvalue weighted by molar-refractivity contribution is -0.158. The highest BCUT2D eigenvalue weighted by molar-refractivity contribution is 4.91. The van der Waals surface area contributed by atoms with Crippen molar-refractivity contribution in [2.24, 2.45) is 11.8 Å². The van der Waals surface area contributed by atoms with Crippen molar-refractivity contribution in [1.82, 2.24) is 5.32 Å². The van der Waals surface area contributed by atoms with E-state index in [0.29, 0.717) is 13.2 Å². The molecule has 0 aliphatic carbocycles. The van der Waals surface area contributed by atoms with Crippen molar-refractivity contribution in [2.45, 2.75) is 33.0 Å². The van der Waals surface area contributed by atoms with Crippen LogP contribution in [0.1, 0.15) is 20.8 Å². The average Bonchev–Trinajstić information content (AvgIpc) is 2.20. The predicted molar refractivity (Wildman–Crippen MR) is 58.3 cm³/mol. The second-order valence-corrected chi connectivity index (χ2v) is 4.14. The zero-order valence-electron chi connectivity index (χ0n) is 10.3. The third kappa shape index (κ3) is 6.49. The molecule has 0 amide bonds. The first-order valence-corrected chi connectivity index (χ1v) is 5.60. The van der Waals surface area contributed by atoms with Crippen LogP contribution < -0.4 is 5.32 Å². The molecule has 17 heavy (non-hydrogen) atoms. The number of rotatable bonds is 7. The maximum Gasteiger partial charge on any atom is 0.405 e. The Kier molecular flexibility index (Phi) is 7.16. The van der Waals surface area contributed by atoms with Gasteiger partial charge in [0.2, 0.25) is 0 Å². The maximum absolute atomic E-state index is 12.3. The molecule has 0 aliphatic rings. The highest BCUT2D eigenvalue weighted by atomic mass is 19.4. The van der Waals surface area contributed by atoms with Gasteiger partial charge in [0.05, 0.1) is 12.7 Å². The van der Waals surface area contributed by atoms with Crippen LogP contribution in [-0.4, -0.2) is 32.0 Å². The van der Waals surface area contributed by atoms with Crippen molar-refractivity contribution >= 4 is 0 Å². The van der Waals surface area contributed by atoms with E-state index in [2.05, 4.69) is 5.32 Å². The normalized spacial score (nSPS) is 15.6. The quantitative estimate of drug-likeness (QED) is 0.756. The molecule has 0 radical (unpaired) electrons. The van der Waals surface area contributed by atoms with Gasteiger partial charge in [0.15, 0.2) is 5.92 Å². The Morgan fingerprint density at radius 3 is 2.29 bits per heavy atom. The van der Waals surface area contributed by atoms with Crippen molar-refractivity contribution < 1.29 is 17.9 Å². The summed E-state index contributed by atoms with van der Waals surface area (Å²) in [6, 6.07) is 1.09. The smallest absolute Gasteiger partial charge is 0.380 e. The van der Waals surface area contributed by atoms with Gasteiger partial charge >= 0.3 is 6.18 Å². The summed E-state index contributed by atoms with van der Waals surface area (Å²) in [5, 5.41) is 11.2. The third-order valence-electron chi connectivity index (χ3n) is 2.44. The minimum atomic E-state index is -4.48. The van der Waals surface area contributed by atoms with Crippen LogP contribution in [0.2, 0.25) is 0 Å². The Bertz CT molecular complexity index is 248. The monoisotopic (exact) mass is 252 g/mol. The molecule has 0 aromatic carbocycles. The molecule has 0 saturated carbocycles. The number of halogens is 3. The van der Waals surface area contributed by atoms with Crippen LogP contribution in [0, 0.1) is 23.2 Å². The second-order valence-electron chi connectivity index (χ2n) is 4.14. The number of hydrogen-bond donors (Lipinski definition) is 1. The SMILES string of the molecule is CCOCC(NCC(C#N)C(F)(F)F)C(C)C. The van der Waals surface area contributed by atoms with Gasteiger partial charge in [-0.25, -0.2) is 0 Å². The second kappa shape index (κ2) is 7.51. The van der Waals surface area contributed by atoms with Gasteiger partial charge in [0.1, 0.15) is 0 Å². The summed E-state index contributed by atoms with van der Waals surface area (Å²) < 4.78 is 42.2. The van der Waals surface area contributed by atoms with Crippen LogP contribution in [0.25, 0.3) is 0 Å². The number of nitrogens with one attached hydrogen (secondary N) is 1. The number of ether oxygens (including phenoxy) is 1. The van der Waals surface area contributed by atoms with Gasteiger partial charge in [-0.3, -0.25) is 0 Å². The van der Waals surface area contributed by atoms with E-state index < -0.39 is 18.6 Å². The van der Waals surface area contributed by atoms with Crippen molar-refractivity contribution in [3.63, 3.8) is 0 Å². The van der Waals surface area contributed by atoms with Gasteiger partial charge < -0.3 is 10.1 Å². The molecule has 0 rings (SSSR count). The first kappa shape index (κ1) is 16.2. The maximum atomic E-state index is 12.3. The Morgan fingerprint density at radius 1 is 1.35 bits per heavy atom. The highest BCUT2D eigenvalue weighted by Crippen LogP contribution is 2.25. The molecule has 6 heteroatoms. The van der Waals surface area contributed by atoms with E-state index in [9.17, 15) is 13.2 Å². The zero-order valence-corrected chi connectivity index (χ0v) is 10.3. The molecule has 0 aromatic heterocycles. The minimum absolute atomic E-state index is 0.147. The van der Waals surface area contributed by atoms with Crippen LogP contribution in [0.5, 0.6) is 0 Å². The van der Waals surface area contributed by atoms with Gasteiger partial charge in [0, 0.05) is 19.2 Å². The van der Waals surface area contributed by atoms with Gasteiger partial charge in [0.25, 0.3) is 0 Å². The van der Waals surface area contributed by atoms with Crippen LogP contribution >= 0.6 is 0 Å². The standard InChI is InChI=1S/C11H19F3N2O/c1-4-17-7-10(8(2)3)16-6-9(5-15)11(12,13)14/h8-10,16H,4,6-7H2,1-3H3. The summed E-state index contributed by atoms with van der Waals surface area (Å²) in [6.45, 7) is 6.09. The lowest BCUT2D eigenvalue weighted by atomic mass is 10.0. The summed E-state index contributed by atoms with van der Waals surface area (Å²) in [5.41, 5.74) is 0. The van der Waals surface area contributed by atoms with Gasteiger partial charge in [-0.15, -0.1) is 0 Å². The van der Waals surface area contributed by atoms with Crippen LogP contribution in [-0.2, 0) is 4.74 Å². The summed E-state index contributed by atoms with van der Waals surface area (Å²) in [4.78, 5) is 0. The van der Waals surface area contributed by atoms with Crippen LogP contribution in [0.15, 0.2) is 0 Å². The first-order valence-electron chi connectivity index (χ1n) is 5.60. The number of alkyl halides is 3. The summed E-state index contributed by atoms with van der Waals surface area (Å²) >= 11 is 0. The molecule has 0 bridgehead atoms. The molecular formula is C11H19F3N2O. The molecule has 3 nitrogen and oxygen atoms in total. The summed E-state index contributed by atoms with van der Waals surface area (Å²) in [6.07, 6.45) is -4.48. The van der Waals surface area contributed by atoms with E-state index in [4.69, 9.17) is 10.00 Å². The van der Waals surface area contributed by atoms with Crippen molar-refractivity contribution in [1.29, 1.82) is 5.26 Å². The van der Waals surface area contributed by atoms with Gasteiger partial charge in [-0.05, 0) is 12.8 Å². The Balaban J connectivity index is 4.24. The summed E-state index contributed by atoms with van der Waals surface area (Å²) in [5.74, 6) is -1.82. The van der Waals surface area contributed by atoms with E-state index >= 15 is 0 Å². The number of hydrogen-bond acceptors (Lipinski definition) is 3. The molecule has 2 atom stereocenters. The molecule has 1 N–H and O–H groups in total. The van der Waals surface area contributed by atoms with Crippen LogP contribution in [0.3, 0.4) is 0 Å². The fourth-order valence-corrected chi connectivity index (χ4v) is 1.24. The van der Waals surface area contributed by atoms with E-state index in [1.807, 2.05) is 20.8 Å². The fraction of sp³-hybridized carbons (Fsp3) is 0.909. The highest BCUT2D eigenvalue weighted by Gasteiger charge is 2.39. The van der Waals surface area contributed by atoms with E-state index in [1.165, 1.54) is 6.07 Å². The molecule has 2 unspecified atom stereocenters.